The molecule has 0 aromatic heterocycles. The second-order valence-corrected chi connectivity index (χ2v) is 10.0. The SMILES string of the molecule is COC(=O)COc1ccc(C2(C)C(=O)N(Cc3ccc4ccc(C(=N)N)cc4c3)C(=O)N2Cc2ccccc2)cc1. The topological polar surface area (TPSA) is 126 Å². The highest BCUT2D eigenvalue weighted by Crippen LogP contribution is 2.40. The van der Waals surface area contributed by atoms with E-state index in [2.05, 4.69) is 4.74 Å². The van der Waals surface area contributed by atoms with Gasteiger partial charge in [0.05, 0.1) is 13.7 Å². The lowest BCUT2D eigenvalue weighted by molar-refractivity contribution is -0.142. The van der Waals surface area contributed by atoms with Gasteiger partial charge < -0.3 is 20.1 Å². The molecule has 0 bridgehead atoms. The quantitative estimate of drug-likeness (QED) is 0.136. The van der Waals surface area contributed by atoms with Gasteiger partial charge in [0, 0.05) is 12.1 Å². The van der Waals surface area contributed by atoms with Crippen molar-refractivity contribution in [2.24, 2.45) is 5.73 Å². The number of imide groups is 1. The molecule has 208 valence electrons. The number of hydrogen-bond acceptors (Lipinski definition) is 6. The number of carbonyl (C=O) groups excluding carboxylic acids is 3. The molecule has 1 fully saturated rings. The molecule has 41 heavy (non-hydrogen) atoms. The monoisotopic (exact) mass is 550 g/mol. The van der Waals surface area contributed by atoms with Gasteiger partial charge in [0.1, 0.15) is 17.1 Å². The third-order valence-electron chi connectivity index (χ3n) is 7.40. The maximum absolute atomic E-state index is 14.1. The number of nitrogens with zero attached hydrogens (tertiary/aromatic N) is 2. The predicted molar refractivity (Wildman–Crippen MR) is 154 cm³/mol. The van der Waals surface area contributed by atoms with Gasteiger partial charge in [0.25, 0.3) is 5.91 Å². The van der Waals surface area contributed by atoms with Gasteiger partial charge in [-0.3, -0.25) is 15.1 Å². The Bertz CT molecular complexity index is 1640. The second-order valence-electron chi connectivity index (χ2n) is 10.0. The second kappa shape index (κ2) is 11.1. The van der Waals surface area contributed by atoms with Crippen molar-refractivity contribution >= 4 is 34.5 Å². The molecule has 1 aliphatic rings. The summed E-state index contributed by atoms with van der Waals surface area (Å²) in [5, 5.41) is 9.57. The van der Waals surface area contributed by atoms with Gasteiger partial charge in [-0.2, -0.15) is 0 Å². The Labute approximate surface area is 237 Å². The Morgan fingerprint density at radius 3 is 2.27 bits per heavy atom. The Hall–Kier alpha value is -5.18. The zero-order valence-electron chi connectivity index (χ0n) is 22.8. The van der Waals surface area contributed by atoms with Gasteiger partial charge >= 0.3 is 12.0 Å². The Morgan fingerprint density at radius 2 is 1.59 bits per heavy atom. The summed E-state index contributed by atoms with van der Waals surface area (Å²) in [6.07, 6.45) is 0. The zero-order valence-corrected chi connectivity index (χ0v) is 22.8. The van der Waals surface area contributed by atoms with E-state index < -0.39 is 17.5 Å². The summed E-state index contributed by atoms with van der Waals surface area (Å²) in [5.41, 5.74) is 7.27. The van der Waals surface area contributed by atoms with E-state index in [9.17, 15) is 14.4 Å². The lowest BCUT2D eigenvalue weighted by atomic mass is 9.89. The fraction of sp³-hybridized carbons (Fsp3) is 0.188. The van der Waals surface area contributed by atoms with Crippen LogP contribution in [0, 0.1) is 5.41 Å². The molecule has 3 amide bonds. The van der Waals surface area contributed by atoms with E-state index in [4.69, 9.17) is 15.9 Å². The van der Waals surface area contributed by atoms with Crippen molar-refractivity contribution in [3.8, 4) is 5.75 Å². The third-order valence-corrected chi connectivity index (χ3v) is 7.40. The average molecular weight is 551 g/mol. The summed E-state index contributed by atoms with van der Waals surface area (Å²) in [6, 6.07) is 27.2. The molecule has 1 aliphatic heterocycles. The van der Waals surface area contributed by atoms with Crippen LogP contribution in [0.2, 0.25) is 0 Å². The van der Waals surface area contributed by atoms with Gasteiger partial charge in [0.2, 0.25) is 0 Å². The molecule has 0 aliphatic carbocycles. The molecule has 9 heteroatoms. The standard InChI is InChI=1S/C32H30N4O5/c1-32(26-12-14-27(15-13-26)41-20-28(37)40-2)30(38)35(31(39)36(32)19-21-6-4-3-5-7-21)18-22-8-9-23-10-11-24(29(33)34)17-25(23)16-22/h3-17H,18-20H2,1-2H3,(H3,33,34). The van der Waals surface area contributed by atoms with E-state index in [-0.39, 0.29) is 31.4 Å². The normalized spacial score (nSPS) is 16.7. The third kappa shape index (κ3) is 5.34. The van der Waals surface area contributed by atoms with Crippen LogP contribution in [0.15, 0.2) is 91.0 Å². The number of nitrogens with one attached hydrogen (secondary N) is 1. The smallest absolute Gasteiger partial charge is 0.343 e. The number of fused-ring (bicyclic) bond motifs is 1. The first-order valence-electron chi connectivity index (χ1n) is 13.1. The van der Waals surface area contributed by atoms with Crippen LogP contribution in [0.3, 0.4) is 0 Å². The minimum absolute atomic E-state index is 0.0313. The number of amidine groups is 1. The number of hydrogen-bond donors (Lipinski definition) is 2. The van der Waals surface area contributed by atoms with E-state index in [1.165, 1.54) is 12.0 Å². The van der Waals surface area contributed by atoms with E-state index in [1.807, 2.05) is 60.7 Å². The first-order valence-corrected chi connectivity index (χ1v) is 13.1. The lowest BCUT2D eigenvalue weighted by Crippen LogP contribution is -2.43. The van der Waals surface area contributed by atoms with Crippen molar-refractivity contribution in [3.63, 3.8) is 0 Å². The number of benzene rings is 4. The maximum Gasteiger partial charge on any atom is 0.343 e. The molecule has 4 aromatic carbocycles. The highest BCUT2D eigenvalue weighted by atomic mass is 16.6. The highest BCUT2D eigenvalue weighted by Gasteiger charge is 2.55. The fourth-order valence-corrected chi connectivity index (χ4v) is 5.03. The number of amides is 3. The number of nitrogens with two attached hydrogens (primary N) is 1. The Kier molecular flexibility index (Phi) is 7.43. The molecule has 9 nitrogen and oxygen atoms in total. The number of esters is 1. The molecular formula is C32H30N4O5. The molecule has 0 saturated carbocycles. The van der Waals surface area contributed by atoms with Gasteiger partial charge in [-0.05, 0) is 58.7 Å². The summed E-state index contributed by atoms with van der Waals surface area (Å²) < 4.78 is 10.1. The lowest BCUT2D eigenvalue weighted by Gasteiger charge is -2.32. The van der Waals surface area contributed by atoms with Crippen LogP contribution in [0.4, 0.5) is 4.79 Å². The number of urea groups is 1. The molecule has 1 saturated heterocycles. The number of ether oxygens (including phenoxy) is 2. The van der Waals surface area contributed by atoms with E-state index in [0.29, 0.717) is 16.9 Å². The Morgan fingerprint density at radius 1 is 0.878 bits per heavy atom. The summed E-state index contributed by atoms with van der Waals surface area (Å²) in [4.78, 5) is 42.3. The van der Waals surface area contributed by atoms with Gasteiger partial charge in [-0.1, -0.05) is 66.7 Å². The van der Waals surface area contributed by atoms with Crippen LogP contribution in [-0.2, 0) is 33.0 Å². The number of nitrogen functional groups attached to an aromatic ring is 1. The van der Waals surface area contributed by atoms with Gasteiger partial charge in [-0.25, -0.2) is 9.59 Å². The summed E-state index contributed by atoms with van der Waals surface area (Å²) in [6.45, 7) is 1.83. The first kappa shape index (κ1) is 27.4. The van der Waals surface area contributed by atoms with Crippen LogP contribution in [0.5, 0.6) is 5.75 Å². The van der Waals surface area contributed by atoms with Crippen molar-refractivity contribution in [2.75, 3.05) is 13.7 Å². The molecule has 3 N–H and O–H groups in total. The molecule has 0 spiro atoms. The maximum atomic E-state index is 14.1. The molecule has 1 unspecified atom stereocenters. The fourth-order valence-electron chi connectivity index (χ4n) is 5.03. The minimum Gasteiger partial charge on any atom is -0.482 e. The van der Waals surface area contributed by atoms with Crippen LogP contribution in [0.1, 0.15) is 29.2 Å². The largest absolute Gasteiger partial charge is 0.482 e. The molecule has 4 aromatic rings. The van der Waals surface area contributed by atoms with Crippen LogP contribution in [0.25, 0.3) is 10.8 Å². The minimum atomic E-state index is -1.29. The molecule has 5 rings (SSSR count). The average Bonchev–Trinajstić information content (AvgIpc) is 3.17. The van der Waals surface area contributed by atoms with E-state index in [1.54, 1.807) is 42.2 Å². The summed E-state index contributed by atoms with van der Waals surface area (Å²) in [5.74, 6) is -0.448. The van der Waals surface area contributed by atoms with Gasteiger partial charge in [-0.15, -0.1) is 0 Å². The van der Waals surface area contributed by atoms with Crippen molar-refractivity contribution in [1.82, 2.24) is 9.80 Å². The van der Waals surface area contributed by atoms with Crippen LogP contribution < -0.4 is 10.5 Å². The van der Waals surface area contributed by atoms with E-state index >= 15 is 0 Å². The van der Waals surface area contributed by atoms with Crippen molar-refractivity contribution in [3.05, 3.63) is 113 Å². The number of rotatable bonds is 9. The zero-order chi connectivity index (χ0) is 29.1. The van der Waals surface area contributed by atoms with Crippen LogP contribution >= 0.6 is 0 Å². The highest BCUT2D eigenvalue weighted by molar-refractivity contribution is 6.07. The van der Waals surface area contributed by atoms with E-state index in [0.717, 1.165) is 21.9 Å². The molecular weight excluding hydrogens is 520 g/mol. The van der Waals surface area contributed by atoms with Gasteiger partial charge in [0.15, 0.2) is 6.61 Å². The van der Waals surface area contributed by atoms with Crippen molar-refractivity contribution < 1.29 is 23.9 Å². The summed E-state index contributed by atoms with van der Waals surface area (Å²) in [7, 11) is 1.28. The number of methoxy groups -OCH3 is 1. The first-order chi connectivity index (χ1) is 19.7. The van der Waals surface area contributed by atoms with Crippen molar-refractivity contribution in [1.29, 1.82) is 5.41 Å². The Balaban J connectivity index is 1.48. The number of carbonyl (C=O) groups is 3. The van der Waals surface area contributed by atoms with Crippen LogP contribution in [-0.4, -0.2) is 47.3 Å². The predicted octanol–water partition coefficient (Wildman–Crippen LogP) is 4.56. The molecule has 1 atom stereocenters. The summed E-state index contributed by atoms with van der Waals surface area (Å²) >= 11 is 0. The molecule has 0 radical (unpaired) electrons. The van der Waals surface area contributed by atoms with Crippen molar-refractivity contribution in [2.45, 2.75) is 25.6 Å². The molecule has 1 heterocycles.